The van der Waals surface area contributed by atoms with Crippen molar-refractivity contribution in [1.29, 1.82) is 0 Å². The molecule has 1 unspecified atom stereocenters. The van der Waals surface area contributed by atoms with E-state index in [1.165, 1.54) is 12.8 Å². The molecule has 2 aliphatic rings. The molecule has 0 radical (unpaired) electrons. The highest BCUT2D eigenvalue weighted by Gasteiger charge is 2.25. The normalized spacial score (nSPS) is 25.9. The minimum atomic E-state index is 0.428. The van der Waals surface area contributed by atoms with Gasteiger partial charge in [-0.2, -0.15) is 0 Å². The van der Waals surface area contributed by atoms with Gasteiger partial charge in [0.15, 0.2) is 5.89 Å². The number of nitrogens with one attached hydrogen (secondary N) is 2. The first-order valence-corrected chi connectivity index (χ1v) is 6.23. The number of aryl methyl sites for hydroxylation is 1. The van der Waals surface area contributed by atoms with Crippen LogP contribution in [0.15, 0.2) is 4.42 Å². The molecule has 2 fully saturated rings. The maximum absolute atomic E-state index is 5.75. The number of aromatic nitrogens is 1. The molecule has 1 aromatic heterocycles. The molecule has 4 nitrogen and oxygen atoms in total. The van der Waals surface area contributed by atoms with Gasteiger partial charge in [0.05, 0.1) is 11.7 Å². The zero-order valence-electron chi connectivity index (χ0n) is 9.75. The van der Waals surface area contributed by atoms with Gasteiger partial charge in [-0.25, -0.2) is 4.98 Å². The monoisotopic (exact) mass is 221 g/mol. The Balaban J connectivity index is 1.72. The van der Waals surface area contributed by atoms with Gasteiger partial charge in [-0.1, -0.05) is 0 Å². The van der Waals surface area contributed by atoms with Crippen molar-refractivity contribution >= 4 is 0 Å². The van der Waals surface area contributed by atoms with E-state index in [0.717, 1.165) is 49.3 Å². The fourth-order valence-electron chi connectivity index (χ4n) is 2.53. The largest absolute Gasteiger partial charge is 0.446 e. The molecule has 16 heavy (non-hydrogen) atoms. The van der Waals surface area contributed by atoms with Crippen molar-refractivity contribution in [2.45, 2.75) is 32.2 Å². The Kier molecular flexibility index (Phi) is 2.69. The van der Waals surface area contributed by atoms with Crippen LogP contribution in [0.5, 0.6) is 0 Å². The molecule has 0 amide bonds. The maximum atomic E-state index is 5.75. The second-order valence-corrected chi connectivity index (χ2v) is 4.93. The van der Waals surface area contributed by atoms with Gasteiger partial charge in [-0.05, 0) is 45.3 Å². The van der Waals surface area contributed by atoms with Crippen molar-refractivity contribution < 1.29 is 4.42 Å². The van der Waals surface area contributed by atoms with Gasteiger partial charge in [-0.3, -0.25) is 0 Å². The van der Waals surface area contributed by atoms with Gasteiger partial charge in [0, 0.05) is 6.42 Å². The molecule has 2 aliphatic heterocycles. The number of rotatable bonds is 3. The predicted octanol–water partition coefficient (Wildman–Crippen LogP) is 1.17. The highest BCUT2D eigenvalue weighted by atomic mass is 16.4. The summed E-state index contributed by atoms with van der Waals surface area (Å²) >= 11 is 0. The standard InChI is InChI=1S/C12H19N3O/c1-8-12(10-3-2-4-14-10)15-11(16-8)5-9-6-13-7-9/h9-10,13-14H,2-7H2,1H3. The minimum Gasteiger partial charge on any atom is -0.446 e. The van der Waals surface area contributed by atoms with Crippen LogP contribution in [0.2, 0.25) is 0 Å². The first-order chi connectivity index (χ1) is 7.83. The summed E-state index contributed by atoms with van der Waals surface area (Å²) in [5.41, 5.74) is 1.14. The molecule has 0 bridgehead atoms. The molecular weight excluding hydrogens is 202 g/mol. The van der Waals surface area contributed by atoms with Crippen LogP contribution in [0.1, 0.15) is 36.2 Å². The van der Waals surface area contributed by atoms with Crippen LogP contribution in [0.25, 0.3) is 0 Å². The van der Waals surface area contributed by atoms with Gasteiger partial charge in [0.1, 0.15) is 5.76 Å². The van der Waals surface area contributed by atoms with Crippen molar-refractivity contribution in [2.24, 2.45) is 5.92 Å². The van der Waals surface area contributed by atoms with Crippen LogP contribution in [-0.4, -0.2) is 24.6 Å². The fourth-order valence-corrected chi connectivity index (χ4v) is 2.53. The topological polar surface area (TPSA) is 50.1 Å². The third-order valence-electron chi connectivity index (χ3n) is 3.60. The molecule has 0 aromatic carbocycles. The summed E-state index contributed by atoms with van der Waals surface area (Å²) in [7, 11) is 0. The SMILES string of the molecule is Cc1oc(CC2CNC2)nc1C1CCCN1. The molecule has 3 rings (SSSR count). The maximum Gasteiger partial charge on any atom is 0.195 e. The number of nitrogens with zero attached hydrogens (tertiary/aromatic N) is 1. The molecule has 2 saturated heterocycles. The molecule has 0 aliphatic carbocycles. The van der Waals surface area contributed by atoms with Gasteiger partial charge in [-0.15, -0.1) is 0 Å². The van der Waals surface area contributed by atoms with Crippen molar-refractivity contribution in [3.8, 4) is 0 Å². The highest BCUT2D eigenvalue weighted by Crippen LogP contribution is 2.26. The van der Waals surface area contributed by atoms with Crippen molar-refractivity contribution in [3.63, 3.8) is 0 Å². The molecule has 4 heteroatoms. The van der Waals surface area contributed by atoms with Gasteiger partial charge in [0.2, 0.25) is 0 Å². The molecule has 0 spiro atoms. The second kappa shape index (κ2) is 4.18. The van der Waals surface area contributed by atoms with E-state index in [1.54, 1.807) is 0 Å². The first kappa shape index (κ1) is 10.3. The zero-order chi connectivity index (χ0) is 11.0. The Hall–Kier alpha value is -0.870. The number of oxazole rings is 1. The highest BCUT2D eigenvalue weighted by molar-refractivity contribution is 5.15. The Morgan fingerprint density at radius 3 is 2.94 bits per heavy atom. The smallest absolute Gasteiger partial charge is 0.195 e. The second-order valence-electron chi connectivity index (χ2n) is 4.93. The summed E-state index contributed by atoms with van der Waals surface area (Å²) in [5.74, 6) is 2.65. The van der Waals surface area contributed by atoms with E-state index in [2.05, 4.69) is 15.6 Å². The van der Waals surface area contributed by atoms with E-state index >= 15 is 0 Å². The third kappa shape index (κ3) is 1.87. The quantitative estimate of drug-likeness (QED) is 0.804. The van der Waals surface area contributed by atoms with Crippen LogP contribution in [-0.2, 0) is 6.42 Å². The summed E-state index contributed by atoms with van der Waals surface area (Å²) in [6, 6.07) is 0.428. The Morgan fingerprint density at radius 2 is 2.31 bits per heavy atom. The lowest BCUT2D eigenvalue weighted by molar-refractivity contribution is 0.315. The average molecular weight is 221 g/mol. The first-order valence-electron chi connectivity index (χ1n) is 6.23. The Morgan fingerprint density at radius 1 is 1.44 bits per heavy atom. The number of hydrogen-bond acceptors (Lipinski definition) is 4. The van der Waals surface area contributed by atoms with Gasteiger partial charge < -0.3 is 15.1 Å². The molecule has 2 N–H and O–H groups in total. The molecule has 1 atom stereocenters. The average Bonchev–Trinajstić information content (AvgIpc) is 2.80. The Bertz CT molecular complexity index is 364. The van der Waals surface area contributed by atoms with Crippen LogP contribution in [0.3, 0.4) is 0 Å². The van der Waals surface area contributed by atoms with Crippen molar-refractivity contribution in [1.82, 2.24) is 15.6 Å². The third-order valence-corrected chi connectivity index (χ3v) is 3.60. The summed E-state index contributed by atoms with van der Waals surface area (Å²) in [5, 5.41) is 6.75. The van der Waals surface area contributed by atoms with Crippen LogP contribution < -0.4 is 10.6 Å². The molecular formula is C12H19N3O. The summed E-state index contributed by atoms with van der Waals surface area (Å²) in [6.07, 6.45) is 3.43. The van der Waals surface area contributed by atoms with Crippen molar-refractivity contribution in [3.05, 3.63) is 17.3 Å². The molecule has 3 heterocycles. The van der Waals surface area contributed by atoms with Crippen LogP contribution in [0.4, 0.5) is 0 Å². The van der Waals surface area contributed by atoms with Crippen LogP contribution in [0, 0.1) is 12.8 Å². The zero-order valence-corrected chi connectivity index (χ0v) is 9.75. The van der Waals surface area contributed by atoms with Gasteiger partial charge in [0.25, 0.3) is 0 Å². The molecule has 0 saturated carbocycles. The fraction of sp³-hybridized carbons (Fsp3) is 0.750. The lowest BCUT2D eigenvalue weighted by atomic mass is 10.00. The lowest BCUT2D eigenvalue weighted by Crippen LogP contribution is -2.43. The Labute approximate surface area is 95.8 Å². The van der Waals surface area contributed by atoms with E-state index in [4.69, 9.17) is 4.42 Å². The van der Waals surface area contributed by atoms with Gasteiger partial charge >= 0.3 is 0 Å². The van der Waals surface area contributed by atoms with E-state index in [1.807, 2.05) is 6.92 Å². The summed E-state index contributed by atoms with van der Waals surface area (Å²) in [6.45, 7) is 5.36. The van der Waals surface area contributed by atoms with E-state index in [-0.39, 0.29) is 0 Å². The molecule has 88 valence electrons. The summed E-state index contributed by atoms with van der Waals surface area (Å²) in [4.78, 5) is 4.66. The minimum absolute atomic E-state index is 0.428. The lowest BCUT2D eigenvalue weighted by Gasteiger charge is -2.25. The van der Waals surface area contributed by atoms with E-state index < -0.39 is 0 Å². The predicted molar refractivity (Wildman–Crippen MR) is 61.3 cm³/mol. The number of hydrogen-bond donors (Lipinski definition) is 2. The van der Waals surface area contributed by atoms with E-state index in [9.17, 15) is 0 Å². The summed E-state index contributed by atoms with van der Waals surface area (Å²) < 4.78 is 5.75. The van der Waals surface area contributed by atoms with Crippen molar-refractivity contribution in [2.75, 3.05) is 19.6 Å². The van der Waals surface area contributed by atoms with E-state index in [0.29, 0.717) is 6.04 Å². The molecule has 1 aromatic rings. The van der Waals surface area contributed by atoms with Crippen LogP contribution >= 0.6 is 0 Å².